The van der Waals surface area contributed by atoms with Crippen LogP contribution in [0.2, 0.25) is 0 Å². The Hall–Kier alpha value is -2.05. The zero-order valence-corrected chi connectivity index (χ0v) is 9.69. The van der Waals surface area contributed by atoms with Crippen molar-refractivity contribution in [1.82, 2.24) is 4.98 Å². The predicted molar refractivity (Wildman–Crippen MR) is 63.7 cm³/mol. The Bertz CT molecular complexity index is 559. The Morgan fingerprint density at radius 1 is 1.11 bits per heavy atom. The summed E-state index contributed by atoms with van der Waals surface area (Å²) in [5.41, 5.74) is -0.580. The molecule has 0 radical (unpaired) electrons. The molecule has 0 saturated carbocycles. The van der Waals surface area contributed by atoms with Crippen molar-refractivity contribution in [3.8, 4) is 5.75 Å². The van der Waals surface area contributed by atoms with Gasteiger partial charge in [-0.3, -0.25) is 4.98 Å². The van der Waals surface area contributed by atoms with Gasteiger partial charge in [-0.25, -0.2) is 4.39 Å². The van der Waals surface area contributed by atoms with Crippen molar-refractivity contribution in [3.05, 3.63) is 54.1 Å². The summed E-state index contributed by atoms with van der Waals surface area (Å²) in [4.78, 5) is 3.93. The molecule has 2 aromatic rings. The highest BCUT2D eigenvalue weighted by atomic mass is 19.4. The molecule has 0 aliphatic carbocycles. The van der Waals surface area contributed by atoms with Gasteiger partial charge in [0.25, 0.3) is 0 Å². The minimum Gasteiger partial charge on any atom is -0.490 e. The van der Waals surface area contributed by atoms with Gasteiger partial charge in [0.1, 0.15) is 12.4 Å². The third-order valence-corrected chi connectivity index (χ3v) is 2.43. The summed E-state index contributed by atoms with van der Waals surface area (Å²) >= 11 is 0. The second kappa shape index (κ2) is 5.30. The Morgan fingerprint density at radius 3 is 2.53 bits per heavy atom. The fourth-order valence-corrected chi connectivity index (χ4v) is 1.54. The van der Waals surface area contributed by atoms with E-state index in [1.165, 1.54) is 6.20 Å². The molecule has 0 atom stereocenters. The summed E-state index contributed by atoms with van der Waals surface area (Å²) in [6.07, 6.45) is 1.51. The molecule has 0 saturated heterocycles. The minimum atomic E-state index is -5.33. The first-order valence-electron chi connectivity index (χ1n) is 5.49. The smallest absolute Gasteiger partial charge is 0.490 e. The Kier molecular flexibility index (Phi) is 3.73. The van der Waals surface area contributed by atoms with Crippen LogP contribution in [0.4, 0.5) is 17.3 Å². The van der Waals surface area contributed by atoms with Crippen LogP contribution in [0.3, 0.4) is 0 Å². The van der Waals surface area contributed by atoms with E-state index in [0.29, 0.717) is 11.8 Å². The summed E-state index contributed by atoms with van der Waals surface area (Å²) in [6.45, 7) is -5.43. The molecule has 0 amide bonds. The molecule has 2 rings (SSSR count). The Morgan fingerprint density at radius 2 is 1.89 bits per heavy atom. The van der Waals surface area contributed by atoms with Gasteiger partial charge in [-0.2, -0.15) is 0 Å². The van der Waals surface area contributed by atoms with Crippen LogP contribution in [0.15, 0.2) is 42.6 Å². The van der Waals surface area contributed by atoms with E-state index >= 15 is 0 Å². The molecule has 0 fully saturated rings. The lowest BCUT2D eigenvalue weighted by Crippen LogP contribution is -2.35. The number of hydrogen-bond acceptors (Lipinski definition) is 2. The summed E-state index contributed by atoms with van der Waals surface area (Å²) in [7, 11) is 0. The molecular weight excluding hydrogens is 261 g/mol. The van der Waals surface area contributed by atoms with Crippen molar-refractivity contribution in [2.24, 2.45) is 0 Å². The highest BCUT2D eigenvalue weighted by Gasteiger charge is 2.29. The van der Waals surface area contributed by atoms with Crippen molar-refractivity contribution >= 4 is 12.4 Å². The molecule has 100 valence electrons. The first-order valence-corrected chi connectivity index (χ1v) is 5.49. The van der Waals surface area contributed by atoms with Gasteiger partial charge in [-0.05, 0) is 30.3 Å². The normalized spacial score (nSPS) is 11.4. The average molecular weight is 270 g/mol. The van der Waals surface area contributed by atoms with Crippen LogP contribution >= 0.6 is 0 Å². The summed E-state index contributed by atoms with van der Waals surface area (Å²) in [6, 6.07) is 7.36. The van der Waals surface area contributed by atoms with Crippen molar-refractivity contribution in [1.29, 1.82) is 0 Å². The molecule has 0 N–H and O–H groups in total. The van der Waals surface area contributed by atoms with E-state index in [2.05, 4.69) is 4.98 Å². The number of rotatable bonds is 4. The molecule has 0 aliphatic heterocycles. The van der Waals surface area contributed by atoms with Crippen molar-refractivity contribution in [2.45, 2.75) is 6.61 Å². The predicted octanol–water partition coefficient (Wildman–Crippen LogP) is 2.85. The number of hydrogen-bond donors (Lipinski definition) is 0. The van der Waals surface area contributed by atoms with E-state index in [1.54, 1.807) is 18.2 Å². The lowest BCUT2D eigenvalue weighted by atomic mass is 9.79. The Labute approximate surface area is 107 Å². The molecule has 0 spiro atoms. The zero-order valence-electron chi connectivity index (χ0n) is 9.69. The molecule has 1 aromatic heterocycles. The van der Waals surface area contributed by atoms with Crippen LogP contribution in [0.1, 0.15) is 5.69 Å². The van der Waals surface area contributed by atoms with Crippen molar-refractivity contribution < 1.29 is 22.1 Å². The Balaban J connectivity index is 2.21. The molecule has 0 aliphatic rings. The third kappa shape index (κ3) is 3.46. The molecule has 7 heteroatoms. The van der Waals surface area contributed by atoms with Crippen LogP contribution in [-0.2, 0) is 6.61 Å². The van der Waals surface area contributed by atoms with Crippen LogP contribution in [0, 0.1) is 5.82 Å². The molecule has 1 aromatic carbocycles. The van der Waals surface area contributed by atoms with E-state index in [1.807, 2.05) is 0 Å². The van der Waals surface area contributed by atoms with Gasteiger partial charge < -0.3 is 17.7 Å². The van der Waals surface area contributed by atoms with Gasteiger partial charge in [0, 0.05) is 6.20 Å². The summed E-state index contributed by atoms with van der Waals surface area (Å²) in [5.74, 6) is -1.33. The van der Waals surface area contributed by atoms with Gasteiger partial charge >= 0.3 is 6.98 Å². The largest absolute Gasteiger partial charge is 0.513 e. The lowest BCUT2D eigenvalue weighted by molar-refractivity contribution is 0.301. The molecule has 2 nitrogen and oxygen atoms in total. The number of halogens is 4. The van der Waals surface area contributed by atoms with Crippen LogP contribution in [0.5, 0.6) is 5.75 Å². The number of nitrogens with zero attached hydrogens (tertiary/aromatic N) is 1. The molecular formula is C12H9BF4NO-. The van der Waals surface area contributed by atoms with E-state index in [9.17, 15) is 17.3 Å². The summed E-state index contributed by atoms with van der Waals surface area (Å²) < 4.78 is 56.2. The maximum atomic E-state index is 12.9. The van der Waals surface area contributed by atoms with Gasteiger partial charge in [-0.15, -0.1) is 0 Å². The van der Waals surface area contributed by atoms with E-state index in [4.69, 9.17) is 4.74 Å². The van der Waals surface area contributed by atoms with E-state index in [0.717, 1.165) is 12.1 Å². The quantitative estimate of drug-likeness (QED) is 0.629. The fourth-order valence-electron chi connectivity index (χ4n) is 1.54. The molecule has 19 heavy (non-hydrogen) atoms. The highest BCUT2D eigenvalue weighted by molar-refractivity contribution is 6.74. The van der Waals surface area contributed by atoms with E-state index in [-0.39, 0.29) is 12.4 Å². The zero-order chi connectivity index (χ0) is 13.9. The maximum absolute atomic E-state index is 12.9. The lowest BCUT2D eigenvalue weighted by Gasteiger charge is -2.19. The molecule has 1 heterocycles. The first kappa shape index (κ1) is 13.4. The topological polar surface area (TPSA) is 22.1 Å². The number of ether oxygens (including phenoxy) is 1. The third-order valence-electron chi connectivity index (χ3n) is 2.43. The second-order valence-corrected chi connectivity index (χ2v) is 3.87. The second-order valence-electron chi connectivity index (χ2n) is 3.87. The number of benzene rings is 1. The van der Waals surface area contributed by atoms with Gasteiger partial charge in [0.05, 0.1) is 11.4 Å². The van der Waals surface area contributed by atoms with Crippen LogP contribution in [-0.4, -0.2) is 12.0 Å². The van der Waals surface area contributed by atoms with Gasteiger partial charge in [-0.1, -0.05) is 11.5 Å². The van der Waals surface area contributed by atoms with Crippen molar-refractivity contribution in [3.63, 3.8) is 0 Å². The van der Waals surface area contributed by atoms with Gasteiger partial charge in [0.2, 0.25) is 0 Å². The monoisotopic (exact) mass is 270 g/mol. The molecule has 0 unspecified atom stereocenters. The van der Waals surface area contributed by atoms with Crippen molar-refractivity contribution in [2.75, 3.05) is 0 Å². The maximum Gasteiger partial charge on any atom is 0.513 e. The van der Waals surface area contributed by atoms with Crippen LogP contribution in [0.25, 0.3) is 0 Å². The minimum absolute atomic E-state index is 0.106. The van der Waals surface area contributed by atoms with Crippen LogP contribution < -0.4 is 10.2 Å². The molecule has 0 bridgehead atoms. The highest BCUT2D eigenvalue weighted by Crippen LogP contribution is 2.19. The number of pyridine rings is 1. The first-order chi connectivity index (χ1) is 8.97. The standard InChI is InChI=1S/C12H9BF4NO/c14-9-4-5-12(11(7-9)13(15,16)17)19-8-10-3-1-2-6-18-10/h1-7H,8H2/q-1. The SMILES string of the molecule is Fc1ccc(OCc2ccccn2)c([B-](F)(F)F)c1. The average Bonchev–Trinajstić information content (AvgIpc) is 2.37. The fraction of sp³-hybridized carbons (Fsp3) is 0.0833. The number of aromatic nitrogens is 1. The van der Waals surface area contributed by atoms with E-state index < -0.39 is 18.3 Å². The van der Waals surface area contributed by atoms with Gasteiger partial charge in [0.15, 0.2) is 0 Å². The summed E-state index contributed by atoms with van der Waals surface area (Å²) in [5, 5.41) is 0.